The molecule has 3 heteroatoms. The number of rotatable bonds is 2. The second-order valence-electron chi connectivity index (χ2n) is 4.27. The van der Waals surface area contributed by atoms with Gasteiger partial charge in [-0.1, -0.05) is 26.2 Å². The minimum atomic E-state index is 0.0479. The molecule has 3 nitrogen and oxygen atoms in total. The molecule has 2 atom stereocenters. The SMILES string of the molecule is CCC1CCCC(n2cc[nH]c2=O)C1. The fraction of sp³-hybridized carbons (Fsp3) is 0.727. The Kier molecular flexibility index (Phi) is 2.75. The van der Waals surface area contributed by atoms with Gasteiger partial charge in [0.1, 0.15) is 0 Å². The highest BCUT2D eigenvalue weighted by Gasteiger charge is 2.22. The van der Waals surface area contributed by atoms with Gasteiger partial charge in [0.2, 0.25) is 0 Å². The number of hydrogen-bond donors (Lipinski definition) is 1. The van der Waals surface area contributed by atoms with E-state index in [1.54, 1.807) is 6.20 Å². The molecule has 1 aromatic heterocycles. The standard InChI is InChI=1S/C11H18N2O/c1-2-9-4-3-5-10(8-9)13-7-6-12-11(13)14/h6-7,9-10H,2-5,8H2,1H3,(H,12,14). The molecule has 0 aromatic carbocycles. The Labute approximate surface area is 84.1 Å². The first-order valence-electron chi connectivity index (χ1n) is 5.56. The topological polar surface area (TPSA) is 37.8 Å². The van der Waals surface area contributed by atoms with E-state index in [0.717, 1.165) is 12.3 Å². The average molecular weight is 194 g/mol. The summed E-state index contributed by atoms with van der Waals surface area (Å²) in [5, 5.41) is 0. The molecule has 1 heterocycles. The monoisotopic (exact) mass is 194 g/mol. The smallest absolute Gasteiger partial charge is 0.313 e. The number of H-pyrrole nitrogens is 1. The third-order valence-corrected chi connectivity index (χ3v) is 3.40. The van der Waals surface area contributed by atoms with Crippen molar-refractivity contribution in [3.05, 3.63) is 22.9 Å². The van der Waals surface area contributed by atoms with Crippen molar-refractivity contribution in [2.24, 2.45) is 5.92 Å². The average Bonchev–Trinajstić information content (AvgIpc) is 2.65. The summed E-state index contributed by atoms with van der Waals surface area (Å²) in [6.07, 6.45) is 9.80. The van der Waals surface area contributed by atoms with Gasteiger partial charge in [-0.15, -0.1) is 0 Å². The second-order valence-corrected chi connectivity index (χ2v) is 4.27. The van der Waals surface area contributed by atoms with Gasteiger partial charge in [-0.25, -0.2) is 4.79 Å². The Hall–Kier alpha value is -0.990. The van der Waals surface area contributed by atoms with Gasteiger partial charge in [0.15, 0.2) is 0 Å². The zero-order chi connectivity index (χ0) is 9.97. The summed E-state index contributed by atoms with van der Waals surface area (Å²) in [7, 11) is 0. The third-order valence-electron chi connectivity index (χ3n) is 3.40. The first-order chi connectivity index (χ1) is 6.81. The normalized spacial score (nSPS) is 27.8. The highest BCUT2D eigenvalue weighted by molar-refractivity contribution is 4.85. The molecule has 2 rings (SSSR count). The Bertz CT molecular complexity index is 339. The number of hydrogen-bond acceptors (Lipinski definition) is 1. The Morgan fingerprint density at radius 3 is 3.07 bits per heavy atom. The van der Waals surface area contributed by atoms with Crippen molar-refractivity contribution in [3.8, 4) is 0 Å². The van der Waals surface area contributed by atoms with E-state index in [2.05, 4.69) is 11.9 Å². The van der Waals surface area contributed by atoms with Crippen LogP contribution in [-0.4, -0.2) is 9.55 Å². The van der Waals surface area contributed by atoms with Crippen LogP contribution in [0.2, 0.25) is 0 Å². The van der Waals surface area contributed by atoms with Crippen molar-refractivity contribution in [2.45, 2.75) is 45.1 Å². The van der Waals surface area contributed by atoms with Gasteiger partial charge in [0, 0.05) is 18.4 Å². The molecular weight excluding hydrogens is 176 g/mol. The molecule has 1 aliphatic carbocycles. The van der Waals surface area contributed by atoms with E-state index >= 15 is 0 Å². The second kappa shape index (κ2) is 4.03. The van der Waals surface area contributed by atoms with Crippen LogP contribution in [0.25, 0.3) is 0 Å². The number of aromatic amines is 1. The summed E-state index contributed by atoms with van der Waals surface area (Å²) in [6, 6.07) is 0.437. The summed E-state index contributed by atoms with van der Waals surface area (Å²) in [4.78, 5) is 14.1. The summed E-state index contributed by atoms with van der Waals surface area (Å²) in [6.45, 7) is 2.24. The lowest BCUT2D eigenvalue weighted by Crippen LogP contribution is -2.26. The lowest BCUT2D eigenvalue weighted by Gasteiger charge is -2.28. The molecule has 14 heavy (non-hydrogen) atoms. The van der Waals surface area contributed by atoms with Crippen molar-refractivity contribution in [3.63, 3.8) is 0 Å². The van der Waals surface area contributed by atoms with Crippen LogP contribution in [0, 0.1) is 5.92 Å². The zero-order valence-electron chi connectivity index (χ0n) is 8.70. The maximum absolute atomic E-state index is 11.4. The van der Waals surface area contributed by atoms with Crippen LogP contribution < -0.4 is 5.69 Å². The number of imidazole rings is 1. The van der Waals surface area contributed by atoms with Crippen LogP contribution in [0.3, 0.4) is 0 Å². The summed E-state index contributed by atoms with van der Waals surface area (Å²) >= 11 is 0. The molecule has 78 valence electrons. The fourth-order valence-electron chi connectivity index (χ4n) is 2.50. The Morgan fingerprint density at radius 2 is 2.43 bits per heavy atom. The van der Waals surface area contributed by atoms with E-state index in [0.29, 0.717) is 6.04 Å². The largest absolute Gasteiger partial charge is 0.325 e. The first kappa shape index (κ1) is 9.56. The van der Waals surface area contributed by atoms with Gasteiger partial charge in [0.05, 0.1) is 0 Å². The van der Waals surface area contributed by atoms with E-state index in [1.165, 1.54) is 25.7 Å². The van der Waals surface area contributed by atoms with E-state index in [1.807, 2.05) is 10.8 Å². The maximum atomic E-state index is 11.4. The highest BCUT2D eigenvalue weighted by atomic mass is 16.1. The molecule has 1 saturated carbocycles. The van der Waals surface area contributed by atoms with Crippen LogP contribution in [0.4, 0.5) is 0 Å². The van der Waals surface area contributed by atoms with Crippen molar-refractivity contribution >= 4 is 0 Å². The Balaban J connectivity index is 2.12. The first-order valence-corrected chi connectivity index (χ1v) is 5.56. The predicted octanol–water partition coefficient (Wildman–Crippen LogP) is 2.32. The minimum absolute atomic E-state index is 0.0479. The molecule has 1 fully saturated rings. The summed E-state index contributed by atoms with van der Waals surface area (Å²) in [5.74, 6) is 0.815. The maximum Gasteiger partial charge on any atom is 0.325 e. The van der Waals surface area contributed by atoms with Crippen LogP contribution in [0.5, 0.6) is 0 Å². The van der Waals surface area contributed by atoms with Gasteiger partial charge in [-0.3, -0.25) is 4.57 Å². The quantitative estimate of drug-likeness (QED) is 0.770. The molecule has 0 bridgehead atoms. The number of aromatic nitrogens is 2. The van der Waals surface area contributed by atoms with Crippen molar-refractivity contribution in [2.75, 3.05) is 0 Å². The van der Waals surface area contributed by atoms with E-state index in [9.17, 15) is 4.79 Å². The van der Waals surface area contributed by atoms with Gasteiger partial charge < -0.3 is 4.98 Å². The molecule has 0 radical (unpaired) electrons. The van der Waals surface area contributed by atoms with Crippen LogP contribution in [-0.2, 0) is 0 Å². The van der Waals surface area contributed by atoms with Gasteiger partial charge in [0.25, 0.3) is 0 Å². The molecule has 0 saturated heterocycles. The highest BCUT2D eigenvalue weighted by Crippen LogP contribution is 2.33. The van der Waals surface area contributed by atoms with Crippen molar-refractivity contribution < 1.29 is 0 Å². The van der Waals surface area contributed by atoms with E-state index < -0.39 is 0 Å². The van der Waals surface area contributed by atoms with Gasteiger partial charge in [-0.05, 0) is 18.8 Å². The third kappa shape index (κ3) is 1.76. The molecule has 1 aromatic rings. The Morgan fingerprint density at radius 1 is 1.57 bits per heavy atom. The van der Waals surface area contributed by atoms with Crippen molar-refractivity contribution in [1.82, 2.24) is 9.55 Å². The van der Waals surface area contributed by atoms with Crippen LogP contribution >= 0.6 is 0 Å². The predicted molar refractivity (Wildman–Crippen MR) is 56.3 cm³/mol. The van der Waals surface area contributed by atoms with Crippen LogP contribution in [0.1, 0.15) is 45.1 Å². The minimum Gasteiger partial charge on any atom is -0.313 e. The molecule has 2 unspecified atom stereocenters. The molecule has 1 N–H and O–H groups in total. The van der Waals surface area contributed by atoms with Crippen LogP contribution in [0.15, 0.2) is 17.2 Å². The lowest BCUT2D eigenvalue weighted by molar-refractivity contribution is 0.258. The lowest BCUT2D eigenvalue weighted by atomic mass is 9.84. The number of nitrogens with zero attached hydrogens (tertiary/aromatic N) is 1. The van der Waals surface area contributed by atoms with E-state index in [4.69, 9.17) is 0 Å². The van der Waals surface area contributed by atoms with Gasteiger partial charge in [-0.2, -0.15) is 0 Å². The summed E-state index contributed by atoms with van der Waals surface area (Å²) in [5.41, 5.74) is 0.0479. The van der Waals surface area contributed by atoms with Crippen molar-refractivity contribution in [1.29, 1.82) is 0 Å². The fourth-order valence-corrected chi connectivity index (χ4v) is 2.50. The summed E-state index contributed by atoms with van der Waals surface area (Å²) < 4.78 is 1.86. The molecular formula is C11H18N2O. The molecule has 1 aliphatic rings. The van der Waals surface area contributed by atoms with Gasteiger partial charge >= 0.3 is 5.69 Å². The molecule has 0 spiro atoms. The van der Waals surface area contributed by atoms with E-state index in [-0.39, 0.29) is 5.69 Å². The zero-order valence-corrected chi connectivity index (χ0v) is 8.70. The number of nitrogens with one attached hydrogen (secondary N) is 1. The molecule has 0 aliphatic heterocycles. The molecule has 0 amide bonds.